The largest absolute Gasteiger partial charge is 0.508 e. The molecule has 0 radical (unpaired) electrons. The van der Waals surface area contributed by atoms with Gasteiger partial charge in [0.2, 0.25) is 5.43 Å². The molecule has 0 bridgehead atoms. The molecule has 2 aliphatic rings. The maximum atomic E-state index is 13.3. The smallest absolute Gasteiger partial charge is 0.337 e. The Morgan fingerprint density at radius 3 is 2.45 bits per heavy atom. The number of carbonyl (C=O) groups excluding carboxylic acids is 2. The summed E-state index contributed by atoms with van der Waals surface area (Å²) in [7, 11) is 0. The maximum Gasteiger partial charge on any atom is 0.337 e. The van der Waals surface area contributed by atoms with Crippen molar-refractivity contribution in [2.75, 3.05) is 13.2 Å². The Balaban J connectivity index is 1.92. The molecule has 1 aromatic heterocycles. The van der Waals surface area contributed by atoms with E-state index in [0.717, 1.165) is 18.2 Å². The second-order valence-corrected chi connectivity index (χ2v) is 7.94. The third-order valence-corrected chi connectivity index (χ3v) is 6.36. The van der Waals surface area contributed by atoms with Gasteiger partial charge in [-0.25, -0.2) is 4.79 Å². The fourth-order valence-corrected chi connectivity index (χ4v) is 4.84. The molecule has 1 atom stereocenters. The third kappa shape index (κ3) is 2.63. The predicted molar refractivity (Wildman–Crippen MR) is 112 cm³/mol. The van der Waals surface area contributed by atoms with Gasteiger partial charge in [-0.2, -0.15) is 0 Å². The Labute approximate surface area is 184 Å². The van der Waals surface area contributed by atoms with Gasteiger partial charge in [0.15, 0.2) is 11.3 Å². The van der Waals surface area contributed by atoms with Crippen LogP contribution < -0.4 is 5.43 Å². The van der Waals surface area contributed by atoms with E-state index >= 15 is 0 Å². The van der Waals surface area contributed by atoms with Crippen molar-refractivity contribution in [3.8, 4) is 23.0 Å². The van der Waals surface area contributed by atoms with E-state index in [1.165, 1.54) is 0 Å². The van der Waals surface area contributed by atoms with E-state index in [1.807, 2.05) is 0 Å². The summed E-state index contributed by atoms with van der Waals surface area (Å²) < 4.78 is 15.8. The molecule has 0 saturated heterocycles. The molecular weight excluding hydrogens is 436 g/mol. The van der Waals surface area contributed by atoms with E-state index in [4.69, 9.17) is 13.9 Å². The molecule has 3 aromatic rings. The molecule has 5 rings (SSSR count). The highest BCUT2D eigenvalue weighted by Gasteiger charge is 2.52. The van der Waals surface area contributed by atoms with Gasteiger partial charge in [-0.1, -0.05) is 6.92 Å². The Hall–Kier alpha value is -4.21. The van der Waals surface area contributed by atoms with Gasteiger partial charge in [-0.05, 0) is 18.1 Å². The first-order valence-corrected chi connectivity index (χ1v) is 10.2. The van der Waals surface area contributed by atoms with Gasteiger partial charge in [0.25, 0.3) is 0 Å². The highest BCUT2D eigenvalue weighted by Crippen LogP contribution is 2.50. The summed E-state index contributed by atoms with van der Waals surface area (Å²) in [5.41, 5.74) is -2.73. The highest BCUT2D eigenvalue weighted by molar-refractivity contribution is 6.03. The van der Waals surface area contributed by atoms with Crippen LogP contribution in [0, 0.1) is 0 Å². The monoisotopic (exact) mass is 454 g/mol. The van der Waals surface area contributed by atoms with Crippen LogP contribution in [0.3, 0.4) is 0 Å². The molecule has 10 nitrogen and oxygen atoms in total. The Morgan fingerprint density at radius 1 is 0.970 bits per heavy atom. The number of aromatic hydroxyl groups is 4. The van der Waals surface area contributed by atoms with Gasteiger partial charge >= 0.3 is 11.9 Å². The average Bonchev–Trinajstić information content (AvgIpc) is 2.76. The van der Waals surface area contributed by atoms with Gasteiger partial charge in [0.05, 0.1) is 12.2 Å². The highest BCUT2D eigenvalue weighted by atomic mass is 16.6. The maximum absolute atomic E-state index is 13.3. The van der Waals surface area contributed by atoms with Crippen molar-refractivity contribution in [3.63, 3.8) is 0 Å². The summed E-state index contributed by atoms with van der Waals surface area (Å²) in [6.07, 6.45) is 0.253. The summed E-state index contributed by atoms with van der Waals surface area (Å²) in [5, 5.41) is 41.1. The molecule has 0 spiro atoms. The van der Waals surface area contributed by atoms with Crippen LogP contribution in [0.25, 0.3) is 21.9 Å². The number of benzene rings is 2. The number of fused-ring (bicyclic) bond motifs is 2. The number of phenolic OH excluding ortho intramolecular Hbond substituents is 4. The molecule has 0 saturated carbocycles. The lowest BCUT2D eigenvalue weighted by atomic mass is 9.67. The average molecular weight is 454 g/mol. The number of rotatable bonds is 2. The summed E-state index contributed by atoms with van der Waals surface area (Å²) in [4.78, 5) is 38.7. The van der Waals surface area contributed by atoms with Crippen LogP contribution in [0.5, 0.6) is 23.0 Å². The molecule has 0 fully saturated rings. The number of phenols is 4. The number of carbonyl (C=O) groups is 2. The zero-order chi connectivity index (χ0) is 23.7. The topological polar surface area (TPSA) is 164 Å². The van der Waals surface area contributed by atoms with E-state index in [-0.39, 0.29) is 53.9 Å². The lowest BCUT2D eigenvalue weighted by molar-refractivity contribution is -0.153. The summed E-state index contributed by atoms with van der Waals surface area (Å²) in [5.74, 6) is -3.57. The quantitative estimate of drug-likeness (QED) is 0.256. The van der Waals surface area contributed by atoms with Crippen LogP contribution in [-0.2, 0) is 24.5 Å². The first-order valence-electron chi connectivity index (χ1n) is 10.2. The van der Waals surface area contributed by atoms with Crippen molar-refractivity contribution in [2.45, 2.75) is 25.2 Å². The third-order valence-electron chi connectivity index (χ3n) is 6.36. The predicted octanol–water partition coefficient (Wildman–Crippen LogP) is 2.22. The SMILES string of the molecule is CCC1(c2cc(O)c3oc4cc(O)cc(O)c4c(=O)c3c2O)C(=O)OCC2=C1CCOC2=O. The van der Waals surface area contributed by atoms with Gasteiger partial charge in [-0.3, -0.25) is 9.59 Å². The minimum absolute atomic E-state index is 0.0250. The first-order chi connectivity index (χ1) is 15.7. The van der Waals surface area contributed by atoms with Crippen molar-refractivity contribution >= 4 is 33.9 Å². The molecule has 2 aromatic carbocycles. The normalized spacial score (nSPS) is 20.6. The fourth-order valence-electron chi connectivity index (χ4n) is 4.84. The molecule has 170 valence electrons. The van der Waals surface area contributed by atoms with Crippen molar-refractivity contribution in [1.82, 2.24) is 0 Å². The molecule has 10 heteroatoms. The van der Waals surface area contributed by atoms with Crippen molar-refractivity contribution in [3.05, 3.63) is 45.1 Å². The van der Waals surface area contributed by atoms with E-state index < -0.39 is 51.0 Å². The molecule has 3 heterocycles. The first kappa shape index (κ1) is 20.7. The zero-order valence-electron chi connectivity index (χ0n) is 17.3. The number of cyclic esters (lactones) is 2. The minimum atomic E-state index is -1.65. The van der Waals surface area contributed by atoms with Crippen LogP contribution >= 0.6 is 0 Å². The summed E-state index contributed by atoms with van der Waals surface area (Å²) in [6.45, 7) is 1.39. The standard InChI is InChI=1S/C23H18O10/c1-2-23(11-3-4-31-21(29)10(11)8-32-22(23)30)12-7-14(26)20-17(18(12)27)19(28)16-13(25)5-9(24)6-15(16)33-20/h5-7,24-27H,2-4,8H2,1H3. The van der Waals surface area contributed by atoms with Crippen LogP contribution in [-0.4, -0.2) is 45.6 Å². The molecule has 4 N–H and O–H groups in total. The van der Waals surface area contributed by atoms with Gasteiger partial charge in [0.1, 0.15) is 45.6 Å². The minimum Gasteiger partial charge on any atom is -0.508 e. The lowest BCUT2D eigenvalue weighted by Gasteiger charge is -2.40. The number of hydrogen-bond acceptors (Lipinski definition) is 10. The summed E-state index contributed by atoms with van der Waals surface area (Å²) >= 11 is 0. The van der Waals surface area contributed by atoms with E-state index in [0.29, 0.717) is 5.57 Å². The Morgan fingerprint density at radius 2 is 1.73 bits per heavy atom. The zero-order valence-corrected chi connectivity index (χ0v) is 17.3. The number of hydrogen-bond donors (Lipinski definition) is 4. The van der Waals surface area contributed by atoms with Crippen molar-refractivity contribution < 1.29 is 43.9 Å². The Kier molecular flexibility index (Phi) is 4.32. The van der Waals surface area contributed by atoms with Crippen LogP contribution in [0.2, 0.25) is 0 Å². The summed E-state index contributed by atoms with van der Waals surface area (Å²) in [6, 6.07) is 3.11. The van der Waals surface area contributed by atoms with Gasteiger partial charge < -0.3 is 34.3 Å². The molecule has 1 unspecified atom stereocenters. The molecule has 33 heavy (non-hydrogen) atoms. The lowest BCUT2D eigenvalue weighted by Crippen LogP contribution is -2.46. The van der Waals surface area contributed by atoms with E-state index in [1.54, 1.807) is 6.92 Å². The van der Waals surface area contributed by atoms with Gasteiger partial charge in [-0.15, -0.1) is 0 Å². The van der Waals surface area contributed by atoms with E-state index in [9.17, 15) is 34.8 Å². The van der Waals surface area contributed by atoms with Crippen molar-refractivity contribution in [2.24, 2.45) is 0 Å². The van der Waals surface area contributed by atoms with Crippen LogP contribution in [0.4, 0.5) is 0 Å². The van der Waals surface area contributed by atoms with Crippen LogP contribution in [0.15, 0.2) is 38.6 Å². The van der Waals surface area contributed by atoms with Gasteiger partial charge in [0, 0.05) is 24.1 Å². The fraction of sp³-hybridized carbons (Fsp3) is 0.261. The Bertz CT molecular complexity index is 1480. The molecule has 2 aliphatic heterocycles. The molecule has 0 aliphatic carbocycles. The number of esters is 2. The number of ether oxygens (including phenoxy) is 2. The second-order valence-electron chi connectivity index (χ2n) is 7.94. The van der Waals surface area contributed by atoms with Crippen molar-refractivity contribution in [1.29, 1.82) is 0 Å². The van der Waals surface area contributed by atoms with E-state index in [2.05, 4.69) is 0 Å². The molecular formula is C23H18O10. The van der Waals surface area contributed by atoms with Crippen LogP contribution in [0.1, 0.15) is 25.3 Å². The molecule has 0 amide bonds. The second kappa shape index (κ2) is 6.89.